The van der Waals surface area contributed by atoms with Crippen molar-refractivity contribution in [1.29, 1.82) is 0 Å². The highest BCUT2D eigenvalue weighted by Gasteiger charge is 2.28. The molecule has 0 aromatic heterocycles. The minimum absolute atomic E-state index is 0.285. The molecule has 5 heteroatoms. The quantitative estimate of drug-likeness (QED) is 0.354. The van der Waals surface area contributed by atoms with Crippen LogP contribution < -0.4 is 9.47 Å². The Morgan fingerprint density at radius 1 is 0.882 bits per heavy atom. The lowest BCUT2D eigenvalue weighted by Gasteiger charge is -2.15. The summed E-state index contributed by atoms with van der Waals surface area (Å²) >= 11 is 0. The molecule has 34 heavy (non-hydrogen) atoms. The van der Waals surface area contributed by atoms with Crippen LogP contribution in [-0.4, -0.2) is 37.0 Å². The average molecular weight is 461 g/mol. The predicted molar refractivity (Wildman–Crippen MR) is 133 cm³/mol. The number of hydrogen-bond donors (Lipinski definition) is 1. The van der Waals surface area contributed by atoms with Crippen LogP contribution in [0.3, 0.4) is 0 Å². The lowest BCUT2D eigenvalue weighted by molar-refractivity contribution is -0.149. The second-order valence-corrected chi connectivity index (χ2v) is 8.50. The molecule has 178 valence electrons. The van der Waals surface area contributed by atoms with E-state index in [9.17, 15) is 9.90 Å². The molecule has 4 rings (SSSR count). The normalized spacial score (nSPS) is 14.8. The zero-order chi connectivity index (χ0) is 23.9. The fraction of sp³-hybridized carbons (Fsp3) is 0.345. The van der Waals surface area contributed by atoms with E-state index in [1.54, 1.807) is 6.92 Å². The summed E-state index contributed by atoms with van der Waals surface area (Å²) in [6.45, 7) is 5.59. The molecule has 1 N–H and O–H groups in total. The van der Waals surface area contributed by atoms with Gasteiger partial charge in [0, 0.05) is 18.9 Å². The molecular weight excluding hydrogens is 428 g/mol. The average Bonchev–Trinajstić information content (AvgIpc) is 3.16. The summed E-state index contributed by atoms with van der Waals surface area (Å²) in [4.78, 5) is 11.3. The topological polar surface area (TPSA) is 65.0 Å². The zero-order valence-corrected chi connectivity index (χ0v) is 19.8. The SMILES string of the molecule is CCCOc1ccc2c(c1)-c1ccccc1C2CCOc1ccc(CC(OCC)C(=O)O)cc1. The number of carboxylic acid groups (broad SMARTS) is 1. The van der Waals surface area contributed by atoms with Crippen LogP contribution in [0.1, 0.15) is 49.3 Å². The molecule has 0 bridgehead atoms. The van der Waals surface area contributed by atoms with E-state index in [4.69, 9.17) is 14.2 Å². The van der Waals surface area contributed by atoms with Gasteiger partial charge in [0.25, 0.3) is 0 Å². The molecule has 3 aromatic rings. The van der Waals surface area contributed by atoms with Crippen molar-refractivity contribution >= 4 is 5.97 Å². The summed E-state index contributed by atoms with van der Waals surface area (Å²) in [5.41, 5.74) is 6.09. The number of rotatable bonds is 12. The third kappa shape index (κ3) is 5.42. The first-order valence-corrected chi connectivity index (χ1v) is 12.0. The predicted octanol–water partition coefficient (Wildman–Crippen LogP) is 6.09. The number of aliphatic carboxylic acids is 1. The standard InChI is InChI=1S/C29H32O5/c1-3-16-33-22-13-14-25-26(23-7-5-6-8-24(23)27(25)19-22)15-17-34-21-11-9-20(10-12-21)18-28(29(30)31)32-4-2/h5-14,19,26,28H,3-4,15-18H2,1-2H3,(H,30,31). The molecule has 1 aliphatic rings. The van der Waals surface area contributed by atoms with Gasteiger partial charge in [0.1, 0.15) is 11.5 Å². The molecule has 0 amide bonds. The first-order valence-electron chi connectivity index (χ1n) is 12.0. The molecule has 0 saturated heterocycles. The van der Waals surface area contributed by atoms with Crippen molar-refractivity contribution in [2.24, 2.45) is 0 Å². The van der Waals surface area contributed by atoms with Gasteiger partial charge in [0.05, 0.1) is 13.2 Å². The Morgan fingerprint density at radius 2 is 1.59 bits per heavy atom. The maximum atomic E-state index is 11.3. The number of carboxylic acids is 1. The smallest absolute Gasteiger partial charge is 0.333 e. The van der Waals surface area contributed by atoms with E-state index in [0.29, 0.717) is 19.6 Å². The third-order valence-corrected chi connectivity index (χ3v) is 6.16. The maximum absolute atomic E-state index is 11.3. The van der Waals surface area contributed by atoms with Gasteiger partial charge in [-0.25, -0.2) is 4.79 Å². The first-order chi connectivity index (χ1) is 16.6. The van der Waals surface area contributed by atoms with Gasteiger partial charge in [-0.1, -0.05) is 49.4 Å². The molecule has 0 aliphatic heterocycles. The second kappa shape index (κ2) is 11.2. The molecule has 0 fully saturated rings. The molecule has 2 atom stereocenters. The Kier molecular flexibility index (Phi) is 7.86. The molecule has 0 radical (unpaired) electrons. The van der Waals surface area contributed by atoms with Crippen LogP contribution >= 0.6 is 0 Å². The highest BCUT2D eigenvalue weighted by molar-refractivity contribution is 5.79. The van der Waals surface area contributed by atoms with Crippen molar-refractivity contribution in [3.8, 4) is 22.6 Å². The minimum Gasteiger partial charge on any atom is -0.494 e. The molecule has 0 saturated carbocycles. The Labute approximate surface area is 201 Å². The van der Waals surface area contributed by atoms with E-state index in [-0.39, 0.29) is 5.92 Å². The summed E-state index contributed by atoms with van der Waals surface area (Å²) in [7, 11) is 0. The van der Waals surface area contributed by atoms with Crippen molar-refractivity contribution in [3.05, 3.63) is 83.4 Å². The van der Waals surface area contributed by atoms with Gasteiger partial charge in [0.15, 0.2) is 6.10 Å². The zero-order valence-electron chi connectivity index (χ0n) is 19.8. The number of fused-ring (bicyclic) bond motifs is 3. The molecule has 5 nitrogen and oxygen atoms in total. The van der Waals surface area contributed by atoms with Crippen LogP contribution in [-0.2, 0) is 16.0 Å². The Morgan fingerprint density at radius 3 is 2.32 bits per heavy atom. The van der Waals surface area contributed by atoms with E-state index in [1.165, 1.54) is 22.3 Å². The number of hydrogen-bond acceptors (Lipinski definition) is 4. The number of benzene rings is 3. The maximum Gasteiger partial charge on any atom is 0.333 e. The van der Waals surface area contributed by atoms with Crippen molar-refractivity contribution < 1.29 is 24.1 Å². The number of carbonyl (C=O) groups is 1. The molecule has 2 unspecified atom stereocenters. The molecule has 0 spiro atoms. The van der Waals surface area contributed by atoms with Crippen molar-refractivity contribution in [2.45, 2.75) is 45.1 Å². The molecular formula is C29H32O5. The Bertz CT molecular complexity index is 1110. The van der Waals surface area contributed by atoms with Gasteiger partial charge in [-0.05, 0) is 71.8 Å². The van der Waals surface area contributed by atoms with Crippen molar-refractivity contribution in [2.75, 3.05) is 19.8 Å². The summed E-state index contributed by atoms with van der Waals surface area (Å²) in [6.07, 6.45) is 1.36. The van der Waals surface area contributed by atoms with E-state index in [0.717, 1.165) is 36.5 Å². The van der Waals surface area contributed by atoms with E-state index < -0.39 is 12.1 Å². The van der Waals surface area contributed by atoms with Crippen LogP contribution in [0.25, 0.3) is 11.1 Å². The third-order valence-electron chi connectivity index (χ3n) is 6.16. The monoisotopic (exact) mass is 460 g/mol. The fourth-order valence-corrected chi connectivity index (χ4v) is 4.56. The van der Waals surface area contributed by atoms with Crippen molar-refractivity contribution in [1.82, 2.24) is 0 Å². The Balaban J connectivity index is 1.40. The largest absolute Gasteiger partial charge is 0.494 e. The van der Waals surface area contributed by atoms with E-state index in [1.807, 2.05) is 24.3 Å². The second-order valence-electron chi connectivity index (χ2n) is 8.50. The number of ether oxygens (including phenoxy) is 3. The van der Waals surface area contributed by atoms with Gasteiger partial charge < -0.3 is 19.3 Å². The molecule has 0 heterocycles. The van der Waals surface area contributed by atoms with Gasteiger partial charge in [-0.2, -0.15) is 0 Å². The minimum atomic E-state index is -0.941. The molecule has 1 aliphatic carbocycles. The fourth-order valence-electron chi connectivity index (χ4n) is 4.56. The summed E-state index contributed by atoms with van der Waals surface area (Å²) in [5, 5.41) is 9.28. The van der Waals surface area contributed by atoms with Gasteiger partial charge >= 0.3 is 5.97 Å². The Hall–Kier alpha value is -3.31. The van der Waals surface area contributed by atoms with Crippen LogP contribution in [0, 0.1) is 0 Å². The highest BCUT2D eigenvalue weighted by Crippen LogP contribution is 2.47. The lowest BCUT2D eigenvalue weighted by atomic mass is 9.94. The lowest BCUT2D eigenvalue weighted by Crippen LogP contribution is -2.26. The van der Waals surface area contributed by atoms with E-state index in [2.05, 4.69) is 49.4 Å². The molecule has 3 aromatic carbocycles. The summed E-state index contributed by atoms with van der Waals surface area (Å²) in [5.74, 6) is 1.04. The van der Waals surface area contributed by atoms with E-state index >= 15 is 0 Å². The summed E-state index contributed by atoms with van der Waals surface area (Å²) in [6, 6.07) is 22.6. The van der Waals surface area contributed by atoms with Gasteiger partial charge in [-0.3, -0.25) is 0 Å². The van der Waals surface area contributed by atoms with Crippen molar-refractivity contribution in [3.63, 3.8) is 0 Å². The highest BCUT2D eigenvalue weighted by atomic mass is 16.5. The summed E-state index contributed by atoms with van der Waals surface area (Å²) < 4.78 is 17.2. The van der Waals surface area contributed by atoms with Gasteiger partial charge in [0.2, 0.25) is 0 Å². The van der Waals surface area contributed by atoms with Crippen LogP contribution in [0.4, 0.5) is 0 Å². The van der Waals surface area contributed by atoms with Crippen LogP contribution in [0.5, 0.6) is 11.5 Å². The first kappa shape index (κ1) is 23.8. The van der Waals surface area contributed by atoms with Crippen LogP contribution in [0.15, 0.2) is 66.7 Å². The van der Waals surface area contributed by atoms with Gasteiger partial charge in [-0.15, -0.1) is 0 Å². The van der Waals surface area contributed by atoms with Crippen LogP contribution in [0.2, 0.25) is 0 Å².